The lowest BCUT2D eigenvalue weighted by atomic mass is 9.87. The summed E-state index contributed by atoms with van der Waals surface area (Å²) in [6.07, 6.45) is 6.61. The summed E-state index contributed by atoms with van der Waals surface area (Å²) in [5.74, 6) is -0.570. The number of allylic oxidation sites excluding steroid dienone is 2. The van der Waals surface area contributed by atoms with Gasteiger partial charge in [0.2, 0.25) is 0 Å². The number of nitrogens with zero attached hydrogens (tertiary/aromatic N) is 1. The normalized spacial score (nSPS) is 20.4. The smallest absolute Gasteiger partial charge is 0.305 e. The minimum absolute atomic E-state index is 0.110. The molecule has 0 fully saturated rings. The van der Waals surface area contributed by atoms with Crippen LogP contribution in [0.3, 0.4) is 0 Å². The number of amides is 1. The SMILES string of the molecule is CCC(=O)OCC1(NC(=O)c2csc(Br)n2)C=CC=C(C)C1. The van der Waals surface area contributed by atoms with Crippen LogP contribution < -0.4 is 5.32 Å². The molecule has 0 saturated heterocycles. The lowest BCUT2D eigenvalue weighted by Crippen LogP contribution is -2.51. The average Bonchev–Trinajstić information content (AvgIpc) is 2.91. The average molecular weight is 385 g/mol. The van der Waals surface area contributed by atoms with E-state index in [1.807, 2.05) is 25.2 Å². The van der Waals surface area contributed by atoms with Gasteiger partial charge in [-0.15, -0.1) is 11.3 Å². The van der Waals surface area contributed by atoms with Crippen LogP contribution in [0.2, 0.25) is 0 Å². The van der Waals surface area contributed by atoms with Gasteiger partial charge >= 0.3 is 5.97 Å². The monoisotopic (exact) mass is 384 g/mol. The van der Waals surface area contributed by atoms with Gasteiger partial charge in [0.15, 0.2) is 3.92 Å². The number of rotatable bonds is 5. The van der Waals surface area contributed by atoms with E-state index in [-0.39, 0.29) is 18.5 Å². The third kappa shape index (κ3) is 4.27. The summed E-state index contributed by atoms with van der Waals surface area (Å²) in [6, 6.07) is 0. The van der Waals surface area contributed by atoms with E-state index in [0.29, 0.717) is 22.5 Å². The van der Waals surface area contributed by atoms with Gasteiger partial charge in [-0.2, -0.15) is 0 Å². The van der Waals surface area contributed by atoms with Crippen molar-refractivity contribution in [1.82, 2.24) is 10.3 Å². The highest BCUT2D eigenvalue weighted by Gasteiger charge is 2.33. The van der Waals surface area contributed by atoms with Crippen molar-refractivity contribution in [1.29, 1.82) is 0 Å². The fourth-order valence-corrected chi connectivity index (χ4v) is 3.18. The molecule has 1 heterocycles. The van der Waals surface area contributed by atoms with Crippen LogP contribution in [0.25, 0.3) is 0 Å². The first-order valence-corrected chi connectivity index (χ1v) is 8.55. The summed E-state index contributed by atoms with van der Waals surface area (Å²) < 4.78 is 5.92. The van der Waals surface area contributed by atoms with Crippen LogP contribution in [0.4, 0.5) is 0 Å². The molecule has 1 aliphatic rings. The molecule has 1 atom stereocenters. The summed E-state index contributed by atoms with van der Waals surface area (Å²) >= 11 is 4.59. The number of nitrogens with one attached hydrogen (secondary N) is 1. The Hall–Kier alpha value is -1.47. The molecule has 0 spiro atoms. The summed E-state index contributed by atoms with van der Waals surface area (Å²) in [5, 5.41) is 4.63. The standard InChI is InChI=1S/C15H17BrN2O3S/c1-3-12(19)21-9-15(6-4-5-10(2)7-15)18-13(20)11-8-22-14(16)17-11/h4-6,8H,3,7,9H2,1-2H3,(H,18,20). The van der Waals surface area contributed by atoms with Crippen LogP contribution in [0.15, 0.2) is 33.1 Å². The van der Waals surface area contributed by atoms with Gasteiger partial charge in [-0.25, -0.2) is 4.98 Å². The van der Waals surface area contributed by atoms with E-state index >= 15 is 0 Å². The second kappa shape index (κ2) is 7.19. The molecule has 1 aromatic rings. The number of hydrogen-bond acceptors (Lipinski definition) is 5. The predicted octanol–water partition coefficient (Wildman–Crippen LogP) is 3.23. The maximum absolute atomic E-state index is 12.4. The van der Waals surface area contributed by atoms with Crippen LogP contribution in [-0.2, 0) is 9.53 Å². The molecule has 0 aromatic carbocycles. The van der Waals surface area contributed by atoms with E-state index in [4.69, 9.17) is 4.74 Å². The number of ether oxygens (including phenoxy) is 1. The van der Waals surface area contributed by atoms with Crippen molar-refractivity contribution in [3.63, 3.8) is 0 Å². The van der Waals surface area contributed by atoms with Crippen molar-refractivity contribution in [3.8, 4) is 0 Å². The topological polar surface area (TPSA) is 68.3 Å². The van der Waals surface area contributed by atoms with Crippen molar-refractivity contribution in [2.24, 2.45) is 0 Å². The quantitative estimate of drug-likeness (QED) is 0.791. The number of aromatic nitrogens is 1. The zero-order valence-electron chi connectivity index (χ0n) is 12.4. The van der Waals surface area contributed by atoms with Gasteiger partial charge in [0, 0.05) is 11.8 Å². The molecular formula is C15H17BrN2O3S. The van der Waals surface area contributed by atoms with Gasteiger partial charge < -0.3 is 10.1 Å². The van der Waals surface area contributed by atoms with Crippen molar-refractivity contribution < 1.29 is 14.3 Å². The fourth-order valence-electron chi connectivity index (χ4n) is 2.19. The van der Waals surface area contributed by atoms with Crippen LogP contribution in [-0.4, -0.2) is 29.0 Å². The Morgan fingerprint density at radius 2 is 2.32 bits per heavy atom. The van der Waals surface area contributed by atoms with E-state index in [1.54, 1.807) is 12.3 Å². The fraction of sp³-hybridized carbons (Fsp3) is 0.400. The predicted molar refractivity (Wildman–Crippen MR) is 88.8 cm³/mol. The van der Waals surface area contributed by atoms with E-state index < -0.39 is 5.54 Å². The molecule has 7 heteroatoms. The lowest BCUT2D eigenvalue weighted by Gasteiger charge is -2.33. The van der Waals surface area contributed by atoms with Gasteiger partial charge in [0.1, 0.15) is 12.3 Å². The molecule has 118 valence electrons. The van der Waals surface area contributed by atoms with Crippen LogP contribution >= 0.6 is 27.3 Å². The van der Waals surface area contributed by atoms with Gasteiger partial charge in [-0.3, -0.25) is 9.59 Å². The minimum Gasteiger partial charge on any atom is -0.463 e. The molecule has 22 heavy (non-hydrogen) atoms. The molecule has 2 rings (SSSR count). The number of carbonyl (C=O) groups excluding carboxylic acids is 2. The van der Waals surface area contributed by atoms with Crippen molar-refractivity contribution in [2.75, 3.05) is 6.61 Å². The summed E-state index contributed by atoms with van der Waals surface area (Å²) in [5.41, 5.74) is 0.727. The van der Waals surface area contributed by atoms with Gasteiger partial charge in [0.25, 0.3) is 5.91 Å². The molecule has 1 amide bonds. The van der Waals surface area contributed by atoms with Crippen LogP contribution in [0.1, 0.15) is 37.2 Å². The summed E-state index contributed by atoms with van der Waals surface area (Å²) in [7, 11) is 0. The van der Waals surface area contributed by atoms with Crippen molar-refractivity contribution in [2.45, 2.75) is 32.2 Å². The molecule has 1 aromatic heterocycles. The van der Waals surface area contributed by atoms with Gasteiger partial charge in [-0.1, -0.05) is 30.7 Å². The lowest BCUT2D eigenvalue weighted by molar-refractivity contribution is -0.144. The number of hydrogen-bond donors (Lipinski definition) is 1. The first-order chi connectivity index (χ1) is 10.4. The molecule has 1 N–H and O–H groups in total. The number of esters is 1. The molecule has 1 aliphatic carbocycles. The van der Waals surface area contributed by atoms with E-state index in [0.717, 1.165) is 5.57 Å². The Morgan fingerprint density at radius 1 is 1.55 bits per heavy atom. The Bertz CT molecular complexity index is 638. The minimum atomic E-state index is -0.725. The van der Waals surface area contributed by atoms with Crippen molar-refractivity contribution in [3.05, 3.63) is 38.8 Å². The second-order valence-corrected chi connectivity index (χ2v) is 7.29. The molecule has 0 bridgehead atoms. The van der Waals surface area contributed by atoms with Gasteiger partial charge in [-0.05, 0) is 29.3 Å². The molecule has 0 saturated carbocycles. The third-order valence-electron chi connectivity index (χ3n) is 3.24. The Kier molecular flexibility index (Phi) is 5.52. The summed E-state index contributed by atoms with van der Waals surface area (Å²) in [6.45, 7) is 3.83. The number of thiazole rings is 1. The van der Waals surface area contributed by atoms with Crippen LogP contribution in [0.5, 0.6) is 0 Å². The third-order valence-corrected chi connectivity index (χ3v) is 4.61. The molecule has 1 unspecified atom stereocenters. The van der Waals surface area contributed by atoms with Crippen molar-refractivity contribution >= 4 is 39.1 Å². The Balaban J connectivity index is 2.14. The van der Waals surface area contributed by atoms with Crippen LogP contribution in [0, 0.1) is 0 Å². The zero-order chi connectivity index (χ0) is 16.2. The Morgan fingerprint density at radius 3 is 2.91 bits per heavy atom. The first kappa shape index (κ1) is 16.9. The molecule has 5 nitrogen and oxygen atoms in total. The second-order valence-electron chi connectivity index (χ2n) is 5.16. The maximum Gasteiger partial charge on any atom is 0.305 e. The van der Waals surface area contributed by atoms with E-state index in [2.05, 4.69) is 26.2 Å². The summed E-state index contributed by atoms with van der Waals surface area (Å²) in [4.78, 5) is 27.9. The molecular weight excluding hydrogens is 368 g/mol. The largest absolute Gasteiger partial charge is 0.463 e. The maximum atomic E-state index is 12.4. The number of halogens is 1. The van der Waals surface area contributed by atoms with E-state index in [9.17, 15) is 9.59 Å². The molecule has 0 aliphatic heterocycles. The highest BCUT2D eigenvalue weighted by Crippen LogP contribution is 2.25. The highest BCUT2D eigenvalue weighted by atomic mass is 79.9. The Labute approximate surface area is 141 Å². The molecule has 0 radical (unpaired) electrons. The van der Waals surface area contributed by atoms with Gasteiger partial charge in [0.05, 0.1) is 5.54 Å². The first-order valence-electron chi connectivity index (χ1n) is 6.88. The van der Waals surface area contributed by atoms with E-state index in [1.165, 1.54) is 11.3 Å². The number of carbonyl (C=O) groups is 2. The zero-order valence-corrected chi connectivity index (χ0v) is 14.8. The highest BCUT2D eigenvalue weighted by molar-refractivity contribution is 9.11.